The average Bonchev–Trinajstić information content (AvgIpc) is 2.90. The molecule has 1 aliphatic rings. The zero-order valence-corrected chi connectivity index (χ0v) is 14.2. The van der Waals surface area contributed by atoms with Gasteiger partial charge in [-0.2, -0.15) is 0 Å². The number of para-hydroxylation sites is 1. The smallest absolute Gasteiger partial charge is 0.324 e. The van der Waals surface area contributed by atoms with Crippen LogP contribution in [0, 0.1) is 0 Å². The van der Waals surface area contributed by atoms with E-state index in [1.165, 1.54) is 4.90 Å². The molecule has 24 heavy (non-hydrogen) atoms. The first kappa shape index (κ1) is 17.6. The van der Waals surface area contributed by atoms with Crippen LogP contribution in [-0.2, 0) is 11.3 Å². The van der Waals surface area contributed by atoms with Crippen LogP contribution >= 0.6 is 0 Å². The summed E-state index contributed by atoms with van der Waals surface area (Å²) in [5.74, 6) is 1.28. The molecule has 1 aromatic carbocycles. The van der Waals surface area contributed by atoms with Crippen molar-refractivity contribution in [2.45, 2.75) is 6.54 Å². The lowest BCUT2D eigenvalue weighted by atomic mass is 10.2. The zero-order valence-electron chi connectivity index (χ0n) is 14.2. The first-order valence-electron chi connectivity index (χ1n) is 7.68. The summed E-state index contributed by atoms with van der Waals surface area (Å²) >= 11 is 0. The minimum absolute atomic E-state index is 0.0707. The van der Waals surface area contributed by atoms with Crippen molar-refractivity contribution < 1.29 is 14.3 Å². The van der Waals surface area contributed by atoms with Gasteiger partial charge in [0.25, 0.3) is 0 Å². The average molecular weight is 333 g/mol. The molecular weight excluding hydrogens is 310 g/mol. The number of ether oxygens (including phenoxy) is 1. The van der Waals surface area contributed by atoms with Crippen molar-refractivity contribution in [1.29, 1.82) is 0 Å². The molecule has 130 valence electrons. The highest BCUT2D eigenvalue weighted by Gasteiger charge is 2.27. The number of nitrogens with one attached hydrogen (secondary N) is 2. The molecule has 0 aromatic heterocycles. The Morgan fingerprint density at radius 1 is 1.42 bits per heavy atom. The predicted octanol–water partition coefficient (Wildman–Crippen LogP) is 0.254. The number of hydrogen-bond donors (Lipinski definition) is 2. The second-order valence-electron chi connectivity index (χ2n) is 5.35. The lowest BCUT2D eigenvalue weighted by Crippen LogP contribution is -2.43. The van der Waals surface area contributed by atoms with Gasteiger partial charge in [0.1, 0.15) is 5.75 Å². The fourth-order valence-electron chi connectivity index (χ4n) is 2.51. The molecule has 1 aliphatic heterocycles. The SMILES string of the molecule is CN=C(NCCN1C(=O)CNC1=O)N(C)Cc1ccccc1OC. The van der Waals surface area contributed by atoms with Crippen LogP contribution in [0.1, 0.15) is 5.56 Å². The maximum Gasteiger partial charge on any atom is 0.324 e. The maximum absolute atomic E-state index is 11.5. The fourth-order valence-corrected chi connectivity index (χ4v) is 2.51. The van der Waals surface area contributed by atoms with Crippen molar-refractivity contribution in [1.82, 2.24) is 20.4 Å². The van der Waals surface area contributed by atoms with Crippen molar-refractivity contribution in [2.75, 3.05) is 40.8 Å². The van der Waals surface area contributed by atoms with E-state index in [1.807, 2.05) is 36.2 Å². The Bertz CT molecular complexity index is 616. The van der Waals surface area contributed by atoms with Crippen LogP contribution in [-0.4, -0.2) is 68.5 Å². The van der Waals surface area contributed by atoms with Crippen LogP contribution in [0.3, 0.4) is 0 Å². The summed E-state index contributed by atoms with van der Waals surface area (Å²) in [6.45, 7) is 1.42. The largest absolute Gasteiger partial charge is 0.496 e. The van der Waals surface area contributed by atoms with Crippen LogP contribution in [0.4, 0.5) is 4.79 Å². The first-order chi connectivity index (χ1) is 11.6. The van der Waals surface area contributed by atoms with Gasteiger partial charge in [-0.15, -0.1) is 0 Å². The molecule has 0 atom stereocenters. The van der Waals surface area contributed by atoms with E-state index in [1.54, 1.807) is 14.2 Å². The number of carbonyl (C=O) groups is 2. The van der Waals surface area contributed by atoms with Crippen LogP contribution < -0.4 is 15.4 Å². The number of rotatable bonds is 6. The molecular formula is C16H23N5O3. The minimum atomic E-state index is -0.348. The highest BCUT2D eigenvalue weighted by Crippen LogP contribution is 2.18. The molecule has 8 heteroatoms. The van der Waals surface area contributed by atoms with Crippen LogP contribution in [0.2, 0.25) is 0 Å². The third-order valence-corrected chi connectivity index (χ3v) is 3.73. The van der Waals surface area contributed by atoms with E-state index in [0.717, 1.165) is 11.3 Å². The predicted molar refractivity (Wildman–Crippen MR) is 90.9 cm³/mol. The van der Waals surface area contributed by atoms with Gasteiger partial charge in [0, 0.05) is 39.3 Å². The fraction of sp³-hybridized carbons (Fsp3) is 0.438. The molecule has 1 aromatic rings. The third kappa shape index (κ3) is 4.15. The van der Waals surface area contributed by atoms with Gasteiger partial charge in [0.15, 0.2) is 5.96 Å². The molecule has 2 rings (SSSR count). The number of benzene rings is 1. The highest BCUT2D eigenvalue weighted by molar-refractivity contribution is 6.01. The van der Waals surface area contributed by atoms with Gasteiger partial charge in [-0.25, -0.2) is 4.79 Å². The summed E-state index contributed by atoms with van der Waals surface area (Å²) < 4.78 is 5.36. The molecule has 0 spiro atoms. The second-order valence-corrected chi connectivity index (χ2v) is 5.35. The van der Waals surface area contributed by atoms with E-state index in [4.69, 9.17) is 4.74 Å². The lowest BCUT2D eigenvalue weighted by molar-refractivity contribution is -0.124. The van der Waals surface area contributed by atoms with E-state index in [0.29, 0.717) is 25.6 Å². The van der Waals surface area contributed by atoms with Crippen molar-refractivity contribution >= 4 is 17.9 Å². The van der Waals surface area contributed by atoms with E-state index in [-0.39, 0.29) is 18.5 Å². The maximum atomic E-state index is 11.5. The van der Waals surface area contributed by atoms with Gasteiger partial charge in [0.2, 0.25) is 5.91 Å². The van der Waals surface area contributed by atoms with E-state index in [9.17, 15) is 9.59 Å². The lowest BCUT2D eigenvalue weighted by Gasteiger charge is -2.23. The van der Waals surface area contributed by atoms with Crippen molar-refractivity contribution in [3.05, 3.63) is 29.8 Å². The summed E-state index contributed by atoms with van der Waals surface area (Å²) in [4.78, 5) is 30.4. The molecule has 1 fully saturated rings. The summed E-state index contributed by atoms with van der Waals surface area (Å²) in [7, 11) is 5.24. The Hall–Kier alpha value is -2.77. The van der Waals surface area contributed by atoms with Crippen molar-refractivity contribution in [2.24, 2.45) is 4.99 Å². The summed E-state index contributed by atoms with van der Waals surface area (Å²) in [6, 6.07) is 7.44. The number of methoxy groups -OCH3 is 1. The number of guanidine groups is 1. The number of aliphatic imine (C=N–C) groups is 1. The Balaban J connectivity index is 1.89. The standard InChI is InChI=1S/C16H23N5O3/c1-17-15(18-8-9-21-14(22)10-19-16(21)23)20(2)11-12-6-4-5-7-13(12)24-3/h4-7H,8-11H2,1-3H3,(H,17,18)(H,19,23). The van der Waals surface area contributed by atoms with Gasteiger partial charge >= 0.3 is 6.03 Å². The summed E-state index contributed by atoms with van der Waals surface area (Å²) in [5, 5.41) is 5.65. The summed E-state index contributed by atoms with van der Waals surface area (Å²) in [5.41, 5.74) is 1.04. The molecule has 0 unspecified atom stereocenters. The van der Waals surface area contributed by atoms with E-state index in [2.05, 4.69) is 15.6 Å². The number of urea groups is 1. The summed E-state index contributed by atoms with van der Waals surface area (Å²) in [6.07, 6.45) is 0. The van der Waals surface area contributed by atoms with Crippen molar-refractivity contribution in [3.8, 4) is 5.75 Å². The normalized spacial score (nSPS) is 14.6. The quantitative estimate of drug-likeness (QED) is 0.443. The van der Waals surface area contributed by atoms with Gasteiger partial charge < -0.3 is 20.3 Å². The van der Waals surface area contributed by atoms with Gasteiger partial charge in [-0.3, -0.25) is 14.7 Å². The number of amides is 3. The van der Waals surface area contributed by atoms with Crippen LogP contribution in [0.25, 0.3) is 0 Å². The molecule has 2 N–H and O–H groups in total. The Kier molecular flexibility index (Phi) is 6.00. The topological polar surface area (TPSA) is 86.3 Å². The Morgan fingerprint density at radius 2 is 2.17 bits per heavy atom. The number of imide groups is 1. The Morgan fingerprint density at radius 3 is 2.79 bits per heavy atom. The zero-order chi connectivity index (χ0) is 17.5. The molecule has 1 heterocycles. The molecule has 0 aliphatic carbocycles. The van der Waals surface area contributed by atoms with Gasteiger partial charge in [0.05, 0.1) is 13.7 Å². The number of nitrogens with zero attached hydrogens (tertiary/aromatic N) is 3. The second kappa shape index (κ2) is 8.19. The van der Waals surface area contributed by atoms with E-state index < -0.39 is 0 Å². The highest BCUT2D eigenvalue weighted by atomic mass is 16.5. The number of hydrogen-bond acceptors (Lipinski definition) is 4. The Labute approximate surface area is 141 Å². The van der Waals surface area contributed by atoms with Crippen LogP contribution in [0.5, 0.6) is 5.75 Å². The molecule has 0 radical (unpaired) electrons. The molecule has 0 bridgehead atoms. The van der Waals surface area contributed by atoms with Gasteiger partial charge in [-0.1, -0.05) is 18.2 Å². The molecule has 3 amide bonds. The van der Waals surface area contributed by atoms with Crippen molar-refractivity contribution in [3.63, 3.8) is 0 Å². The monoisotopic (exact) mass is 333 g/mol. The van der Waals surface area contributed by atoms with Gasteiger partial charge in [-0.05, 0) is 6.07 Å². The molecule has 8 nitrogen and oxygen atoms in total. The number of carbonyl (C=O) groups excluding carboxylic acids is 2. The molecule has 0 saturated carbocycles. The third-order valence-electron chi connectivity index (χ3n) is 3.73. The van der Waals surface area contributed by atoms with Crippen LogP contribution in [0.15, 0.2) is 29.3 Å². The minimum Gasteiger partial charge on any atom is -0.496 e. The first-order valence-corrected chi connectivity index (χ1v) is 7.68. The van der Waals surface area contributed by atoms with E-state index >= 15 is 0 Å². The molecule has 1 saturated heterocycles.